The summed E-state index contributed by atoms with van der Waals surface area (Å²) in [6, 6.07) is 12.8. The Morgan fingerprint density at radius 1 is 0.771 bits per heavy atom. The number of Topliss-reactive ketones (excluding diaryl/α,β-unsaturated/α-hetero) is 1. The molecule has 11 heteroatoms. The number of amides is 3. The van der Waals surface area contributed by atoms with E-state index >= 15 is 0 Å². The SMILES string of the molecule is Cc1ccc(C(=O)CN(C(=O)c2ccc(Cl)cc2)N2C(=O)c3c(Br)c(Br)c(Br)c(Br)c3C2=O)cc1. The van der Waals surface area contributed by atoms with Crippen molar-refractivity contribution in [3.63, 3.8) is 0 Å². The molecule has 4 rings (SSSR count). The van der Waals surface area contributed by atoms with Gasteiger partial charge in [0.05, 0.1) is 11.1 Å². The minimum absolute atomic E-state index is 0.0636. The Kier molecular flexibility index (Phi) is 7.68. The van der Waals surface area contributed by atoms with Crippen LogP contribution in [0.15, 0.2) is 66.4 Å². The summed E-state index contributed by atoms with van der Waals surface area (Å²) in [6.07, 6.45) is 0. The highest BCUT2D eigenvalue weighted by atomic mass is 79.9. The molecule has 0 aliphatic carbocycles. The highest BCUT2D eigenvalue weighted by Crippen LogP contribution is 2.45. The molecule has 0 aromatic heterocycles. The molecule has 0 fully saturated rings. The van der Waals surface area contributed by atoms with E-state index in [2.05, 4.69) is 63.7 Å². The van der Waals surface area contributed by atoms with Crippen molar-refractivity contribution in [2.75, 3.05) is 6.54 Å². The second-order valence-corrected chi connectivity index (χ2v) is 11.2. The van der Waals surface area contributed by atoms with Crippen LogP contribution in [0.25, 0.3) is 0 Å². The van der Waals surface area contributed by atoms with Gasteiger partial charge in [0.15, 0.2) is 5.78 Å². The number of halogens is 5. The predicted molar refractivity (Wildman–Crippen MR) is 146 cm³/mol. The van der Waals surface area contributed by atoms with E-state index in [1.165, 1.54) is 24.3 Å². The van der Waals surface area contributed by atoms with Crippen LogP contribution in [-0.2, 0) is 0 Å². The normalized spacial score (nSPS) is 12.7. The monoisotopic (exact) mass is 744 g/mol. The number of fused-ring (bicyclic) bond motifs is 1. The molecule has 178 valence electrons. The van der Waals surface area contributed by atoms with Gasteiger partial charge in [-0.25, -0.2) is 5.01 Å². The van der Waals surface area contributed by atoms with Crippen LogP contribution >= 0.6 is 75.3 Å². The molecular formula is C24H13Br4ClN2O4. The molecule has 0 atom stereocenters. The topological polar surface area (TPSA) is 74.8 Å². The zero-order chi connectivity index (χ0) is 25.6. The van der Waals surface area contributed by atoms with Crippen LogP contribution in [0.4, 0.5) is 0 Å². The third-order valence-electron chi connectivity index (χ3n) is 5.31. The average molecular weight is 748 g/mol. The third-order valence-corrected chi connectivity index (χ3v) is 10.3. The summed E-state index contributed by atoms with van der Waals surface area (Å²) in [6.45, 7) is 1.35. The number of hydrogen-bond acceptors (Lipinski definition) is 4. The van der Waals surface area contributed by atoms with Gasteiger partial charge in [-0.15, -0.1) is 0 Å². The minimum Gasteiger partial charge on any atom is -0.292 e. The average Bonchev–Trinajstić information content (AvgIpc) is 3.10. The van der Waals surface area contributed by atoms with Crippen LogP contribution in [0.1, 0.15) is 47.0 Å². The molecule has 0 unspecified atom stereocenters. The number of carbonyl (C=O) groups excluding carboxylic acids is 4. The van der Waals surface area contributed by atoms with Gasteiger partial charge in [-0.2, -0.15) is 5.01 Å². The Morgan fingerprint density at radius 3 is 1.71 bits per heavy atom. The summed E-state index contributed by atoms with van der Waals surface area (Å²) in [7, 11) is 0. The van der Waals surface area contributed by atoms with Gasteiger partial charge in [0, 0.05) is 34.0 Å². The summed E-state index contributed by atoms with van der Waals surface area (Å²) in [4.78, 5) is 53.8. The van der Waals surface area contributed by atoms with Gasteiger partial charge in [0.2, 0.25) is 0 Å². The first-order chi connectivity index (χ1) is 16.5. The number of nitrogens with zero attached hydrogens (tertiary/aromatic N) is 2. The van der Waals surface area contributed by atoms with E-state index in [0.29, 0.717) is 33.5 Å². The molecule has 35 heavy (non-hydrogen) atoms. The fourth-order valence-corrected chi connectivity index (χ4v) is 6.08. The maximum absolute atomic E-state index is 13.6. The lowest BCUT2D eigenvalue weighted by atomic mass is 10.1. The standard InChI is InChI=1S/C24H13Br4ClN2O4/c1-11-2-4-12(5-3-11)15(32)10-30(22(33)13-6-8-14(29)9-7-13)31-23(34)16-17(24(31)35)19(26)21(28)20(27)18(16)25/h2-9H,10H2,1H3. The van der Waals surface area contributed by atoms with Gasteiger partial charge in [0.25, 0.3) is 17.7 Å². The second kappa shape index (κ2) is 10.3. The molecule has 1 aliphatic rings. The lowest BCUT2D eigenvalue weighted by molar-refractivity contribution is 0.00527. The van der Waals surface area contributed by atoms with Gasteiger partial charge in [-0.3, -0.25) is 19.2 Å². The maximum atomic E-state index is 13.6. The molecule has 3 aromatic rings. The van der Waals surface area contributed by atoms with Crippen molar-refractivity contribution in [2.45, 2.75) is 6.92 Å². The van der Waals surface area contributed by atoms with Gasteiger partial charge >= 0.3 is 0 Å². The summed E-state index contributed by atoms with van der Waals surface area (Å²) in [5, 5.41) is 1.99. The smallest absolute Gasteiger partial charge is 0.282 e. The lowest BCUT2D eigenvalue weighted by Crippen LogP contribution is -2.51. The van der Waals surface area contributed by atoms with E-state index in [9.17, 15) is 19.2 Å². The molecule has 0 saturated heterocycles. The number of hydrogen-bond donors (Lipinski definition) is 0. The molecule has 3 amide bonds. The van der Waals surface area contributed by atoms with E-state index in [-0.39, 0.29) is 16.7 Å². The number of aryl methyl sites for hydroxylation is 1. The molecule has 0 saturated carbocycles. The Balaban J connectivity index is 1.81. The van der Waals surface area contributed by atoms with Crippen LogP contribution in [0.5, 0.6) is 0 Å². The summed E-state index contributed by atoms with van der Waals surface area (Å²) in [5.41, 5.74) is 1.58. The van der Waals surface area contributed by atoms with Crippen molar-refractivity contribution in [3.8, 4) is 0 Å². The first-order valence-electron chi connectivity index (χ1n) is 9.94. The van der Waals surface area contributed by atoms with Crippen LogP contribution in [-0.4, -0.2) is 40.1 Å². The molecule has 0 radical (unpaired) electrons. The number of ketones is 1. The van der Waals surface area contributed by atoms with E-state index < -0.39 is 30.0 Å². The molecule has 3 aromatic carbocycles. The highest BCUT2D eigenvalue weighted by Gasteiger charge is 2.46. The maximum Gasteiger partial charge on any atom is 0.282 e. The zero-order valence-corrected chi connectivity index (χ0v) is 24.8. The van der Waals surface area contributed by atoms with Crippen molar-refractivity contribution >= 4 is 98.8 Å². The molecule has 0 N–H and O–H groups in total. The first kappa shape index (κ1) is 26.2. The molecule has 1 heterocycles. The first-order valence-corrected chi connectivity index (χ1v) is 13.5. The Morgan fingerprint density at radius 2 is 1.23 bits per heavy atom. The fraction of sp³-hybridized carbons (Fsp3) is 0.0833. The Hall–Kier alpha value is -1.85. The summed E-state index contributed by atoms with van der Waals surface area (Å²) in [5.74, 6) is -2.64. The van der Waals surface area contributed by atoms with Crippen molar-refractivity contribution < 1.29 is 19.2 Å². The molecule has 0 bridgehead atoms. The van der Waals surface area contributed by atoms with Gasteiger partial charge in [0.1, 0.15) is 6.54 Å². The number of rotatable bonds is 5. The van der Waals surface area contributed by atoms with Gasteiger partial charge in [-0.05, 0) is 94.9 Å². The number of hydrazine groups is 1. The van der Waals surface area contributed by atoms with E-state index in [1.807, 2.05) is 6.92 Å². The quantitative estimate of drug-likeness (QED) is 0.120. The number of carbonyl (C=O) groups is 4. The third kappa shape index (κ3) is 4.79. The second-order valence-electron chi connectivity index (χ2n) is 7.59. The summed E-state index contributed by atoms with van der Waals surface area (Å²) >= 11 is 19.4. The number of benzene rings is 3. The van der Waals surface area contributed by atoms with Crippen LogP contribution in [0.3, 0.4) is 0 Å². The van der Waals surface area contributed by atoms with E-state index in [0.717, 1.165) is 10.6 Å². The van der Waals surface area contributed by atoms with Crippen molar-refractivity contribution in [1.29, 1.82) is 0 Å². The molecule has 6 nitrogen and oxygen atoms in total. The van der Waals surface area contributed by atoms with Crippen LogP contribution < -0.4 is 0 Å². The number of imide groups is 1. The largest absolute Gasteiger partial charge is 0.292 e. The van der Waals surface area contributed by atoms with Gasteiger partial charge < -0.3 is 0 Å². The summed E-state index contributed by atoms with van der Waals surface area (Å²) < 4.78 is 1.70. The lowest BCUT2D eigenvalue weighted by Gasteiger charge is -2.29. The van der Waals surface area contributed by atoms with Crippen molar-refractivity contribution in [3.05, 3.63) is 99.3 Å². The van der Waals surface area contributed by atoms with Gasteiger partial charge in [-0.1, -0.05) is 41.4 Å². The molecule has 0 spiro atoms. The predicted octanol–water partition coefficient (Wildman–Crippen LogP) is 7.23. The van der Waals surface area contributed by atoms with Crippen LogP contribution in [0, 0.1) is 6.92 Å². The molecular weight excluding hydrogens is 735 g/mol. The van der Waals surface area contributed by atoms with E-state index in [4.69, 9.17) is 11.6 Å². The zero-order valence-electron chi connectivity index (χ0n) is 17.7. The van der Waals surface area contributed by atoms with Crippen molar-refractivity contribution in [2.24, 2.45) is 0 Å². The Labute approximate surface area is 239 Å². The molecule has 1 aliphatic heterocycles. The fourth-order valence-electron chi connectivity index (χ4n) is 3.50. The van der Waals surface area contributed by atoms with Crippen LogP contribution in [0.2, 0.25) is 5.02 Å². The van der Waals surface area contributed by atoms with E-state index in [1.54, 1.807) is 24.3 Å². The Bertz CT molecular complexity index is 1360. The van der Waals surface area contributed by atoms with Crippen molar-refractivity contribution in [1.82, 2.24) is 10.0 Å². The minimum atomic E-state index is -0.746. The highest BCUT2D eigenvalue weighted by molar-refractivity contribution is 9.15.